The number of hydrogen-bond acceptors (Lipinski definition) is 2. The number of ether oxygens (including phenoxy) is 1. The Labute approximate surface area is 82.1 Å². The molecule has 1 heterocycles. The van der Waals surface area contributed by atoms with Crippen molar-refractivity contribution in [2.24, 2.45) is 0 Å². The molecule has 0 saturated carbocycles. The summed E-state index contributed by atoms with van der Waals surface area (Å²) in [6.45, 7) is 2.31. The van der Waals surface area contributed by atoms with Crippen molar-refractivity contribution in [2.45, 2.75) is 18.9 Å². The molecular formula is C10H11ClO2. The van der Waals surface area contributed by atoms with Crippen LogP contribution >= 0.6 is 11.6 Å². The largest absolute Gasteiger partial charge is 0.491 e. The van der Waals surface area contributed by atoms with Crippen LogP contribution in [0.2, 0.25) is 5.02 Å². The van der Waals surface area contributed by atoms with Crippen LogP contribution in [0.5, 0.6) is 5.75 Å². The molecule has 70 valence electrons. The normalized spacial score (nSPS) is 26.4. The van der Waals surface area contributed by atoms with Gasteiger partial charge in [-0.3, -0.25) is 0 Å². The zero-order valence-electron chi connectivity index (χ0n) is 7.33. The Kier molecular flexibility index (Phi) is 2.18. The van der Waals surface area contributed by atoms with Gasteiger partial charge in [-0.05, 0) is 12.1 Å². The summed E-state index contributed by atoms with van der Waals surface area (Å²) in [6.07, 6.45) is -0.451. The minimum atomic E-state index is -0.451. The van der Waals surface area contributed by atoms with Crippen molar-refractivity contribution >= 4 is 11.6 Å². The molecule has 0 amide bonds. The van der Waals surface area contributed by atoms with Crippen molar-refractivity contribution < 1.29 is 9.84 Å². The fraction of sp³-hybridized carbons (Fsp3) is 0.400. The fourth-order valence-electron chi connectivity index (χ4n) is 1.60. The first-order valence-corrected chi connectivity index (χ1v) is 4.67. The number of halogens is 1. The Morgan fingerprint density at radius 1 is 1.54 bits per heavy atom. The van der Waals surface area contributed by atoms with E-state index in [9.17, 15) is 5.11 Å². The Balaban J connectivity index is 2.51. The van der Waals surface area contributed by atoms with E-state index in [-0.39, 0.29) is 5.92 Å². The van der Waals surface area contributed by atoms with Crippen LogP contribution in [0.4, 0.5) is 0 Å². The highest BCUT2D eigenvalue weighted by Gasteiger charge is 2.27. The molecule has 3 heteroatoms. The molecule has 1 N–H and O–H groups in total. The first-order chi connectivity index (χ1) is 6.20. The van der Waals surface area contributed by atoms with Gasteiger partial charge in [0.2, 0.25) is 0 Å². The van der Waals surface area contributed by atoms with E-state index >= 15 is 0 Å². The van der Waals surface area contributed by atoms with Gasteiger partial charge in [0.05, 0.1) is 6.10 Å². The molecule has 13 heavy (non-hydrogen) atoms. The molecule has 0 fully saturated rings. The molecule has 1 aliphatic rings. The predicted octanol–water partition coefficient (Wildman–Crippen LogP) is 2.20. The topological polar surface area (TPSA) is 29.5 Å². The Morgan fingerprint density at radius 3 is 3.08 bits per heavy atom. The molecule has 1 aromatic carbocycles. The minimum absolute atomic E-state index is 0.0532. The van der Waals surface area contributed by atoms with Crippen LogP contribution in [0.15, 0.2) is 18.2 Å². The van der Waals surface area contributed by atoms with E-state index < -0.39 is 6.10 Å². The van der Waals surface area contributed by atoms with Crippen LogP contribution in [0.3, 0.4) is 0 Å². The minimum Gasteiger partial charge on any atom is -0.491 e. The summed E-state index contributed by atoms with van der Waals surface area (Å²) in [4.78, 5) is 0. The van der Waals surface area contributed by atoms with Gasteiger partial charge in [-0.15, -0.1) is 0 Å². The van der Waals surface area contributed by atoms with Crippen molar-refractivity contribution in [3.8, 4) is 5.75 Å². The Morgan fingerprint density at radius 2 is 2.31 bits per heavy atom. The summed E-state index contributed by atoms with van der Waals surface area (Å²) in [6, 6.07) is 5.55. The average Bonchev–Trinajstić information content (AvgIpc) is 2.12. The van der Waals surface area contributed by atoms with Gasteiger partial charge in [0.1, 0.15) is 12.4 Å². The van der Waals surface area contributed by atoms with Crippen molar-refractivity contribution in [3.63, 3.8) is 0 Å². The van der Waals surface area contributed by atoms with Gasteiger partial charge in [-0.2, -0.15) is 0 Å². The molecule has 0 spiro atoms. The summed E-state index contributed by atoms with van der Waals surface area (Å²) >= 11 is 6.01. The predicted molar refractivity (Wildman–Crippen MR) is 51.4 cm³/mol. The van der Waals surface area contributed by atoms with Gasteiger partial charge < -0.3 is 9.84 Å². The maximum absolute atomic E-state index is 9.57. The highest BCUT2D eigenvalue weighted by atomic mass is 35.5. The monoisotopic (exact) mass is 198 g/mol. The van der Waals surface area contributed by atoms with Crippen LogP contribution < -0.4 is 4.74 Å². The third kappa shape index (κ3) is 1.40. The molecule has 0 unspecified atom stereocenters. The maximum Gasteiger partial charge on any atom is 0.124 e. The van der Waals surface area contributed by atoms with Crippen molar-refractivity contribution in [1.82, 2.24) is 0 Å². The number of aliphatic hydroxyl groups excluding tert-OH is 1. The van der Waals surface area contributed by atoms with E-state index in [4.69, 9.17) is 16.3 Å². The first kappa shape index (κ1) is 8.85. The summed E-state index contributed by atoms with van der Waals surface area (Å²) in [7, 11) is 0. The number of benzene rings is 1. The third-order valence-electron chi connectivity index (χ3n) is 2.46. The second-order valence-electron chi connectivity index (χ2n) is 3.32. The molecule has 1 aromatic rings. The van der Waals surface area contributed by atoms with Gasteiger partial charge in [0.25, 0.3) is 0 Å². The van der Waals surface area contributed by atoms with Crippen LogP contribution in [0, 0.1) is 0 Å². The highest BCUT2D eigenvalue weighted by molar-refractivity contribution is 6.31. The smallest absolute Gasteiger partial charge is 0.124 e. The van der Waals surface area contributed by atoms with E-state index in [1.54, 1.807) is 0 Å². The summed E-state index contributed by atoms with van der Waals surface area (Å²) in [5, 5.41) is 10.2. The Bertz CT molecular complexity index is 325. The van der Waals surface area contributed by atoms with Crippen molar-refractivity contribution in [3.05, 3.63) is 28.8 Å². The zero-order valence-corrected chi connectivity index (χ0v) is 8.08. The van der Waals surface area contributed by atoms with Crippen LogP contribution in [0.1, 0.15) is 18.4 Å². The van der Waals surface area contributed by atoms with Gasteiger partial charge in [-0.1, -0.05) is 24.6 Å². The number of aliphatic hydroxyl groups is 1. The lowest BCUT2D eigenvalue weighted by atomic mass is 9.93. The van der Waals surface area contributed by atoms with Crippen LogP contribution in [-0.2, 0) is 0 Å². The number of hydrogen-bond donors (Lipinski definition) is 1. The SMILES string of the molecule is C[C@@H]1c2c(Cl)cccc2OC[C@@H]1O. The van der Waals surface area contributed by atoms with E-state index in [1.165, 1.54) is 0 Å². The van der Waals surface area contributed by atoms with E-state index in [0.29, 0.717) is 11.6 Å². The second kappa shape index (κ2) is 3.20. The molecule has 0 saturated heterocycles. The molecule has 0 aliphatic carbocycles. The van der Waals surface area contributed by atoms with E-state index in [2.05, 4.69) is 0 Å². The lowest BCUT2D eigenvalue weighted by Crippen LogP contribution is -2.29. The first-order valence-electron chi connectivity index (χ1n) is 4.29. The van der Waals surface area contributed by atoms with Crippen LogP contribution in [0.25, 0.3) is 0 Å². The lowest BCUT2D eigenvalue weighted by Gasteiger charge is -2.28. The van der Waals surface area contributed by atoms with Gasteiger partial charge in [0.15, 0.2) is 0 Å². The van der Waals surface area contributed by atoms with E-state index in [0.717, 1.165) is 11.3 Å². The molecule has 0 bridgehead atoms. The summed E-state index contributed by atoms with van der Waals surface area (Å²) in [5.41, 5.74) is 0.919. The zero-order chi connectivity index (χ0) is 9.42. The van der Waals surface area contributed by atoms with Crippen molar-refractivity contribution in [2.75, 3.05) is 6.61 Å². The maximum atomic E-state index is 9.57. The van der Waals surface area contributed by atoms with Gasteiger partial charge in [-0.25, -0.2) is 0 Å². The molecule has 0 aromatic heterocycles. The molecule has 2 atom stereocenters. The summed E-state index contributed by atoms with van der Waals surface area (Å²) < 4.78 is 5.35. The molecule has 2 rings (SSSR count). The Hall–Kier alpha value is -0.730. The highest BCUT2D eigenvalue weighted by Crippen LogP contribution is 2.38. The third-order valence-corrected chi connectivity index (χ3v) is 2.78. The van der Waals surface area contributed by atoms with Crippen molar-refractivity contribution in [1.29, 1.82) is 0 Å². The van der Waals surface area contributed by atoms with Gasteiger partial charge >= 0.3 is 0 Å². The number of fused-ring (bicyclic) bond motifs is 1. The van der Waals surface area contributed by atoms with E-state index in [1.807, 2.05) is 25.1 Å². The molecular weight excluding hydrogens is 188 g/mol. The standard InChI is InChI=1S/C10H11ClO2/c1-6-8(12)5-13-9-4-2-3-7(11)10(6)9/h2-4,6,8,12H,5H2,1H3/t6-,8-/m0/s1. The molecule has 1 aliphatic heterocycles. The lowest BCUT2D eigenvalue weighted by molar-refractivity contribution is 0.0714. The molecule has 0 radical (unpaired) electrons. The fourth-order valence-corrected chi connectivity index (χ4v) is 1.93. The molecule has 2 nitrogen and oxygen atoms in total. The summed E-state index contributed by atoms with van der Waals surface area (Å²) in [5.74, 6) is 0.850. The van der Waals surface area contributed by atoms with Gasteiger partial charge in [0, 0.05) is 16.5 Å². The second-order valence-corrected chi connectivity index (χ2v) is 3.73. The van der Waals surface area contributed by atoms with Crippen LogP contribution in [-0.4, -0.2) is 17.8 Å². The average molecular weight is 199 g/mol. The quantitative estimate of drug-likeness (QED) is 0.693. The number of rotatable bonds is 0.